The fourth-order valence-electron chi connectivity index (χ4n) is 2.32. The van der Waals surface area contributed by atoms with Gasteiger partial charge in [-0.15, -0.1) is 11.3 Å². The van der Waals surface area contributed by atoms with Crippen molar-refractivity contribution in [2.75, 3.05) is 12.0 Å². The Morgan fingerprint density at radius 1 is 1.32 bits per heavy atom. The van der Waals surface area contributed by atoms with Crippen LogP contribution in [0.25, 0.3) is 0 Å². The third-order valence-corrected chi connectivity index (χ3v) is 5.19. The molecule has 0 aliphatic heterocycles. The van der Waals surface area contributed by atoms with Crippen molar-refractivity contribution in [3.8, 4) is 11.5 Å². The van der Waals surface area contributed by atoms with Crippen LogP contribution in [0.2, 0.25) is 0 Å². The van der Waals surface area contributed by atoms with Gasteiger partial charge < -0.3 is 9.47 Å². The van der Waals surface area contributed by atoms with Gasteiger partial charge in [0, 0.05) is 5.38 Å². The van der Waals surface area contributed by atoms with E-state index in [9.17, 15) is 4.79 Å². The molecule has 0 aliphatic carbocycles. The molecule has 28 heavy (non-hydrogen) atoms. The summed E-state index contributed by atoms with van der Waals surface area (Å²) >= 11 is 3.61. The standard InChI is InChI=1S/C20H18IN3O3S/c1-3-26-17-10-14(11-22-24-20-23-13(2)12-28-20)9-16(21)18(17)27-19(25)15-7-5-4-6-8-15/h4-12H,3H2,1-2H3,(H,23,24). The molecule has 1 heterocycles. The summed E-state index contributed by atoms with van der Waals surface area (Å²) in [4.78, 5) is 16.7. The van der Waals surface area contributed by atoms with Crippen LogP contribution < -0.4 is 14.9 Å². The largest absolute Gasteiger partial charge is 0.490 e. The lowest BCUT2D eigenvalue weighted by molar-refractivity contribution is 0.0727. The molecule has 3 aromatic rings. The third kappa shape index (κ3) is 5.29. The van der Waals surface area contributed by atoms with Crippen molar-refractivity contribution in [1.82, 2.24) is 4.98 Å². The van der Waals surface area contributed by atoms with Gasteiger partial charge in [-0.2, -0.15) is 5.10 Å². The minimum atomic E-state index is -0.429. The van der Waals surface area contributed by atoms with E-state index in [1.54, 1.807) is 36.5 Å². The Morgan fingerprint density at radius 2 is 2.11 bits per heavy atom. The van der Waals surface area contributed by atoms with Crippen molar-refractivity contribution >= 4 is 51.2 Å². The highest BCUT2D eigenvalue weighted by Gasteiger charge is 2.17. The summed E-state index contributed by atoms with van der Waals surface area (Å²) in [6.45, 7) is 4.25. The first-order valence-electron chi connectivity index (χ1n) is 8.51. The van der Waals surface area contributed by atoms with E-state index in [1.165, 1.54) is 11.3 Å². The first kappa shape index (κ1) is 20.3. The maximum atomic E-state index is 12.4. The second-order valence-corrected chi connectivity index (χ2v) is 7.70. The quantitative estimate of drug-likeness (QED) is 0.158. The molecule has 3 rings (SSSR count). The van der Waals surface area contributed by atoms with Gasteiger partial charge in [0.1, 0.15) is 0 Å². The van der Waals surface area contributed by atoms with Crippen molar-refractivity contribution < 1.29 is 14.3 Å². The van der Waals surface area contributed by atoms with Gasteiger partial charge in [-0.25, -0.2) is 9.78 Å². The molecule has 0 spiro atoms. The molecule has 144 valence electrons. The topological polar surface area (TPSA) is 72.8 Å². The number of hydrazone groups is 1. The van der Waals surface area contributed by atoms with Crippen LogP contribution in [-0.2, 0) is 0 Å². The maximum Gasteiger partial charge on any atom is 0.343 e. The smallest absolute Gasteiger partial charge is 0.343 e. The summed E-state index contributed by atoms with van der Waals surface area (Å²) in [5, 5.41) is 6.88. The summed E-state index contributed by atoms with van der Waals surface area (Å²) in [5.41, 5.74) is 5.14. The number of aromatic nitrogens is 1. The Balaban J connectivity index is 1.80. The monoisotopic (exact) mass is 507 g/mol. The molecule has 6 nitrogen and oxygen atoms in total. The molecular formula is C20H18IN3O3S. The van der Waals surface area contributed by atoms with Crippen LogP contribution >= 0.6 is 33.9 Å². The van der Waals surface area contributed by atoms with Gasteiger partial charge in [0.15, 0.2) is 11.5 Å². The van der Waals surface area contributed by atoms with E-state index in [-0.39, 0.29) is 0 Å². The zero-order chi connectivity index (χ0) is 19.9. The van der Waals surface area contributed by atoms with Crippen molar-refractivity contribution in [2.45, 2.75) is 13.8 Å². The summed E-state index contributed by atoms with van der Waals surface area (Å²) in [5.74, 6) is 0.462. The Hall–Kier alpha value is -2.46. The fraction of sp³-hybridized carbons (Fsp3) is 0.150. The number of benzene rings is 2. The average Bonchev–Trinajstić information content (AvgIpc) is 3.10. The number of anilines is 1. The summed E-state index contributed by atoms with van der Waals surface area (Å²) < 4.78 is 12.0. The number of carbonyl (C=O) groups excluding carboxylic acids is 1. The average molecular weight is 507 g/mol. The van der Waals surface area contributed by atoms with E-state index in [1.807, 2.05) is 31.4 Å². The number of rotatable bonds is 7. The van der Waals surface area contributed by atoms with E-state index < -0.39 is 5.97 Å². The summed E-state index contributed by atoms with van der Waals surface area (Å²) in [6, 6.07) is 12.5. The molecule has 0 fully saturated rings. The lowest BCUT2D eigenvalue weighted by Gasteiger charge is -2.13. The highest BCUT2D eigenvalue weighted by atomic mass is 127. The summed E-state index contributed by atoms with van der Waals surface area (Å²) in [6.07, 6.45) is 1.67. The van der Waals surface area contributed by atoms with Crippen LogP contribution in [0.3, 0.4) is 0 Å². The molecule has 0 bridgehead atoms. The van der Waals surface area contributed by atoms with Gasteiger partial charge in [0.05, 0.1) is 27.6 Å². The van der Waals surface area contributed by atoms with E-state index in [0.717, 1.165) is 20.0 Å². The second-order valence-electron chi connectivity index (χ2n) is 5.68. The van der Waals surface area contributed by atoms with E-state index in [4.69, 9.17) is 9.47 Å². The Kier molecular flexibility index (Phi) is 6.99. The van der Waals surface area contributed by atoms with Gasteiger partial charge in [0.25, 0.3) is 0 Å². The molecular weight excluding hydrogens is 489 g/mol. The first-order valence-corrected chi connectivity index (χ1v) is 10.5. The fourth-order valence-corrected chi connectivity index (χ4v) is 3.69. The molecule has 2 aromatic carbocycles. The van der Waals surface area contributed by atoms with Gasteiger partial charge in [0.2, 0.25) is 5.13 Å². The molecule has 8 heteroatoms. The number of hydrogen-bond donors (Lipinski definition) is 1. The Bertz CT molecular complexity index is 990. The number of nitrogens with zero attached hydrogens (tertiary/aromatic N) is 2. The number of carbonyl (C=O) groups is 1. The van der Waals surface area contributed by atoms with Crippen LogP contribution in [0.1, 0.15) is 28.5 Å². The van der Waals surface area contributed by atoms with E-state index >= 15 is 0 Å². The van der Waals surface area contributed by atoms with Gasteiger partial charge in [-0.3, -0.25) is 5.43 Å². The van der Waals surface area contributed by atoms with Gasteiger partial charge in [-0.1, -0.05) is 18.2 Å². The molecule has 0 aliphatic rings. The minimum absolute atomic E-state index is 0.400. The number of ether oxygens (including phenoxy) is 2. The van der Waals surface area contributed by atoms with Crippen LogP contribution in [0, 0.1) is 10.5 Å². The number of halogens is 1. The van der Waals surface area contributed by atoms with Crippen LogP contribution in [0.5, 0.6) is 11.5 Å². The Labute approximate surface area is 180 Å². The molecule has 0 saturated carbocycles. The summed E-state index contributed by atoms with van der Waals surface area (Å²) in [7, 11) is 0. The van der Waals surface area contributed by atoms with Crippen molar-refractivity contribution in [1.29, 1.82) is 0 Å². The van der Waals surface area contributed by atoms with Crippen molar-refractivity contribution in [3.63, 3.8) is 0 Å². The SMILES string of the molecule is CCOc1cc(C=NNc2nc(C)cs2)cc(I)c1OC(=O)c1ccccc1. The highest BCUT2D eigenvalue weighted by molar-refractivity contribution is 14.1. The minimum Gasteiger partial charge on any atom is -0.490 e. The molecule has 0 saturated heterocycles. The third-order valence-electron chi connectivity index (χ3n) is 3.53. The number of esters is 1. The number of aryl methyl sites for hydroxylation is 1. The normalized spacial score (nSPS) is 10.8. The van der Waals surface area contributed by atoms with E-state index in [2.05, 4.69) is 38.1 Å². The molecule has 1 aromatic heterocycles. The van der Waals surface area contributed by atoms with Crippen LogP contribution in [-0.4, -0.2) is 23.8 Å². The number of hydrogen-bond acceptors (Lipinski definition) is 7. The highest BCUT2D eigenvalue weighted by Crippen LogP contribution is 2.34. The lowest BCUT2D eigenvalue weighted by atomic mass is 10.2. The van der Waals surface area contributed by atoms with Crippen molar-refractivity contribution in [3.05, 3.63) is 68.2 Å². The Morgan fingerprint density at radius 3 is 2.79 bits per heavy atom. The van der Waals surface area contributed by atoms with Crippen LogP contribution in [0.4, 0.5) is 5.13 Å². The molecule has 0 atom stereocenters. The molecule has 0 unspecified atom stereocenters. The van der Waals surface area contributed by atoms with Crippen LogP contribution in [0.15, 0.2) is 52.9 Å². The van der Waals surface area contributed by atoms with Gasteiger partial charge in [-0.05, 0) is 66.3 Å². The van der Waals surface area contributed by atoms with Crippen molar-refractivity contribution in [2.24, 2.45) is 5.10 Å². The second kappa shape index (κ2) is 9.65. The first-order chi connectivity index (χ1) is 13.6. The van der Waals surface area contributed by atoms with E-state index in [0.29, 0.717) is 23.7 Å². The zero-order valence-corrected chi connectivity index (χ0v) is 18.3. The molecule has 0 amide bonds. The molecule has 1 N–H and O–H groups in total. The predicted molar refractivity (Wildman–Crippen MR) is 120 cm³/mol. The maximum absolute atomic E-state index is 12.4. The van der Waals surface area contributed by atoms with Gasteiger partial charge >= 0.3 is 5.97 Å². The zero-order valence-electron chi connectivity index (χ0n) is 15.3. The number of thiazole rings is 1. The predicted octanol–water partition coefficient (Wildman–Crippen LogP) is 5.12. The number of nitrogens with one attached hydrogen (secondary N) is 1. The lowest BCUT2D eigenvalue weighted by Crippen LogP contribution is -2.11. The molecule has 0 radical (unpaired) electrons.